The van der Waals surface area contributed by atoms with Crippen molar-refractivity contribution in [1.29, 1.82) is 0 Å². The summed E-state index contributed by atoms with van der Waals surface area (Å²) in [5, 5.41) is 8.77. The van der Waals surface area contributed by atoms with Crippen molar-refractivity contribution in [3.05, 3.63) is 28.7 Å². The van der Waals surface area contributed by atoms with Crippen LogP contribution in [0.15, 0.2) is 28.7 Å². The number of halogens is 1. The Morgan fingerprint density at radius 3 is 2.57 bits per heavy atom. The summed E-state index contributed by atoms with van der Waals surface area (Å²) in [7, 11) is 0. The van der Waals surface area contributed by atoms with E-state index in [-0.39, 0.29) is 24.2 Å². The van der Waals surface area contributed by atoms with Crippen LogP contribution in [0.4, 0.5) is 5.69 Å². The van der Waals surface area contributed by atoms with Crippen LogP contribution in [-0.2, 0) is 9.59 Å². The molecule has 1 heterocycles. The lowest BCUT2D eigenvalue weighted by molar-refractivity contribution is -0.126. The van der Waals surface area contributed by atoms with E-state index >= 15 is 0 Å². The molecule has 1 aliphatic heterocycles. The molecule has 1 fully saturated rings. The van der Waals surface area contributed by atoms with E-state index in [4.69, 9.17) is 0 Å². The lowest BCUT2D eigenvalue weighted by Gasteiger charge is -2.31. The molecule has 1 unspecified atom stereocenters. The fraction of sp³-hybridized carbons (Fsp3) is 0.467. The molecule has 1 saturated heterocycles. The monoisotopic (exact) mass is 353 g/mol. The van der Waals surface area contributed by atoms with Crippen molar-refractivity contribution in [2.24, 2.45) is 11.8 Å². The normalized spacial score (nSPS) is 15.9. The molecule has 0 radical (unpaired) electrons. The average molecular weight is 354 g/mol. The maximum Gasteiger partial charge on any atom is 0.226 e. The van der Waals surface area contributed by atoms with Gasteiger partial charge in [0.25, 0.3) is 0 Å². The number of amides is 2. The van der Waals surface area contributed by atoms with Gasteiger partial charge in [0.15, 0.2) is 0 Å². The van der Waals surface area contributed by atoms with E-state index in [0.717, 1.165) is 23.2 Å². The summed E-state index contributed by atoms with van der Waals surface area (Å²) in [5.41, 5.74) is 0.753. The Morgan fingerprint density at radius 1 is 1.33 bits per heavy atom. The average Bonchev–Trinajstić information content (AvgIpc) is 2.39. The zero-order valence-electron chi connectivity index (χ0n) is 12.0. The number of carbonyl (C=O) groups is 2. The number of anilines is 1. The van der Waals surface area contributed by atoms with Gasteiger partial charge in [0.1, 0.15) is 0 Å². The Hall–Kier alpha value is -1.40. The smallest absolute Gasteiger partial charge is 0.226 e. The molecular formula is C15H20BrN3O2. The second-order valence-corrected chi connectivity index (χ2v) is 6.22. The number of hydrogen-bond donors (Lipinski definition) is 3. The van der Waals surface area contributed by atoms with Crippen molar-refractivity contribution in [3.63, 3.8) is 0 Å². The molecule has 1 aliphatic rings. The van der Waals surface area contributed by atoms with E-state index < -0.39 is 0 Å². The lowest BCUT2D eigenvalue weighted by atomic mass is 9.88. The van der Waals surface area contributed by atoms with E-state index in [2.05, 4.69) is 31.9 Å². The van der Waals surface area contributed by atoms with Crippen molar-refractivity contribution in [2.45, 2.75) is 13.3 Å². The van der Waals surface area contributed by atoms with Gasteiger partial charge in [0.2, 0.25) is 11.8 Å². The van der Waals surface area contributed by atoms with Crippen molar-refractivity contribution in [3.8, 4) is 0 Å². The van der Waals surface area contributed by atoms with Gasteiger partial charge >= 0.3 is 0 Å². The Bertz CT molecular complexity index is 500. The molecule has 0 saturated carbocycles. The Kier molecular flexibility index (Phi) is 5.76. The third-order valence-corrected chi connectivity index (χ3v) is 4.24. The number of nitrogens with one attached hydrogen (secondary N) is 3. The highest BCUT2D eigenvalue weighted by Crippen LogP contribution is 2.16. The van der Waals surface area contributed by atoms with E-state index in [1.807, 2.05) is 31.2 Å². The van der Waals surface area contributed by atoms with Crippen LogP contribution in [0.25, 0.3) is 0 Å². The fourth-order valence-corrected chi connectivity index (χ4v) is 2.36. The molecule has 21 heavy (non-hydrogen) atoms. The zero-order valence-corrected chi connectivity index (χ0v) is 13.6. The third kappa shape index (κ3) is 4.82. The van der Waals surface area contributed by atoms with Crippen LogP contribution in [-0.4, -0.2) is 31.4 Å². The number of carbonyl (C=O) groups excluding carboxylic acids is 2. The number of benzene rings is 1. The molecule has 1 atom stereocenters. The fourth-order valence-electron chi connectivity index (χ4n) is 2.10. The van der Waals surface area contributed by atoms with Gasteiger partial charge in [-0.05, 0) is 43.3 Å². The van der Waals surface area contributed by atoms with Crippen molar-refractivity contribution < 1.29 is 9.59 Å². The first-order valence-electron chi connectivity index (χ1n) is 7.10. The maximum absolute atomic E-state index is 11.9. The molecule has 5 nitrogen and oxygen atoms in total. The summed E-state index contributed by atoms with van der Waals surface area (Å²) in [4.78, 5) is 23.6. The predicted molar refractivity (Wildman–Crippen MR) is 85.9 cm³/mol. The Morgan fingerprint density at radius 2 is 2.00 bits per heavy atom. The van der Waals surface area contributed by atoms with Gasteiger partial charge in [0, 0.05) is 29.0 Å². The van der Waals surface area contributed by atoms with Gasteiger partial charge in [-0.15, -0.1) is 0 Å². The topological polar surface area (TPSA) is 70.2 Å². The molecule has 0 aromatic heterocycles. The van der Waals surface area contributed by atoms with Crippen LogP contribution >= 0.6 is 15.9 Å². The van der Waals surface area contributed by atoms with Crippen molar-refractivity contribution in [1.82, 2.24) is 10.6 Å². The SMILES string of the molecule is CC(C(=O)NCCC(=O)Nc1ccc(Br)cc1)C1CNC1. The van der Waals surface area contributed by atoms with Gasteiger partial charge in [-0.3, -0.25) is 9.59 Å². The van der Waals surface area contributed by atoms with E-state index in [9.17, 15) is 9.59 Å². The first-order chi connectivity index (χ1) is 10.1. The molecule has 3 N–H and O–H groups in total. The second kappa shape index (κ2) is 7.56. The molecule has 2 amide bonds. The highest BCUT2D eigenvalue weighted by molar-refractivity contribution is 9.10. The van der Waals surface area contributed by atoms with E-state index in [1.54, 1.807) is 0 Å². The van der Waals surface area contributed by atoms with Gasteiger partial charge in [-0.2, -0.15) is 0 Å². The minimum Gasteiger partial charge on any atom is -0.355 e. The molecule has 0 bridgehead atoms. The zero-order chi connectivity index (χ0) is 15.2. The van der Waals surface area contributed by atoms with Crippen LogP contribution < -0.4 is 16.0 Å². The summed E-state index contributed by atoms with van der Waals surface area (Å²) in [6, 6.07) is 7.38. The lowest BCUT2D eigenvalue weighted by Crippen LogP contribution is -2.49. The molecule has 0 spiro atoms. The highest BCUT2D eigenvalue weighted by Gasteiger charge is 2.28. The summed E-state index contributed by atoms with van der Waals surface area (Å²) in [6.45, 7) is 4.10. The van der Waals surface area contributed by atoms with Crippen molar-refractivity contribution in [2.75, 3.05) is 25.0 Å². The van der Waals surface area contributed by atoms with Crippen LogP contribution in [0.3, 0.4) is 0 Å². The Labute approximate surface area is 133 Å². The van der Waals surface area contributed by atoms with Gasteiger partial charge < -0.3 is 16.0 Å². The molecule has 1 aromatic carbocycles. The minimum absolute atomic E-state index is 0.000727. The largest absolute Gasteiger partial charge is 0.355 e. The quantitative estimate of drug-likeness (QED) is 0.729. The van der Waals surface area contributed by atoms with Gasteiger partial charge in [0.05, 0.1) is 0 Å². The molecule has 1 aromatic rings. The summed E-state index contributed by atoms with van der Waals surface area (Å²) in [6.07, 6.45) is 0.275. The predicted octanol–water partition coefficient (Wildman–Crippen LogP) is 1.75. The maximum atomic E-state index is 11.9. The summed E-state index contributed by atoms with van der Waals surface area (Å²) < 4.78 is 0.965. The van der Waals surface area contributed by atoms with Crippen LogP contribution in [0, 0.1) is 11.8 Å². The standard InChI is InChI=1S/C15H20BrN3O2/c1-10(11-8-17-9-11)15(21)18-7-6-14(20)19-13-4-2-12(16)3-5-13/h2-5,10-11,17H,6-9H2,1H3,(H,18,21)(H,19,20). The molecule has 6 heteroatoms. The first-order valence-corrected chi connectivity index (χ1v) is 7.89. The van der Waals surface area contributed by atoms with Gasteiger partial charge in [-0.25, -0.2) is 0 Å². The summed E-state index contributed by atoms with van der Waals surface area (Å²) in [5.74, 6) is 0.343. The molecule has 114 valence electrons. The van der Waals surface area contributed by atoms with Crippen molar-refractivity contribution >= 4 is 33.4 Å². The second-order valence-electron chi connectivity index (χ2n) is 5.30. The molecule has 0 aliphatic carbocycles. The van der Waals surface area contributed by atoms with Gasteiger partial charge in [-0.1, -0.05) is 22.9 Å². The van der Waals surface area contributed by atoms with E-state index in [0.29, 0.717) is 12.5 Å². The molecule has 2 rings (SSSR count). The van der Waals surface area contributed by atoms with E-state index in [1.165, 1.54) is 0 Å². The molecular weight excluding hydrogens is 334 g/mol. The van der Waals surface area contributed by atoms with Crippen LogP contribution in [0.1, 0.15) is 13.3 Å². The highest BCUT2D eigenvalue weighted by atomic mass is 79.9. The first kappa shape index (κ1) is 16.0. The summed E-state index contributed by atoms with van der Waals surface area (Å²) >= 11 is 3.34. The van der Waals surface area contributed by atoms with Crippen LogP contribution in [0.5, 0.6) is 0 Å². The Balaban J connectivity index is 1.66. The number of rotatable bonds is 6. The minimum atomic E-state index is -0.101. The third-order valence-electron chi connectivity index (χ3n) is 3.71. The van der Waals surface area contributed by atoms with Crippen LogP contribution in [0.2, 0.25) is 0 Å². The number of hydrogen-bond acceptors (Lipinski definition) is 3.